The number of nitrogens with one attached hydrogen (secondary N) is 1. The van der Waals surface area contributed by atoms with Gasteiger partial charge >= 0.3 is 0 Å². The minimum Gasteiger partial charge on any atom is -0.486 e. The first-order valence-electron chi connectivity index (χ1n) is 9.27. The summed E-state index contributed by atoms with van der Waals surface area (Å²) in [6.45, 7) is 8.69. The number of fused-ring (bicyclic) bond motifs is 1. The van der Waals surface area contributed by atoms with Gasteiger partial charge in [0.2, 0.25) is 5.91 Å². The van der Waals surface area contributed by atoms with Crippen LogP contribution in [0.25, 0.3) is 0 Å². The largest absolute Gasteiger partial charge is 0.486 e. The van der Waals surface area contributed by atoms with Crippen molar-refractivity contribution in [3.8, 4) is 11.5 Å². The Labute approximate surface area is 150 Å². The van der Waals surface area contributed by atoms with Gasteiger partial charge < -0.3 is 19.5 Å². The molecular weight excluding hydrogens is 318 g/mol. The minimum atomic E-state index is -0.612. The van der Waals surface area contributed by atoms with Gasteiger partial charge in [0, 0.05) is 13.2 Å². The van der Waals surface area contributed by atoms with Crippen molar-refractivity contribution >= 4 is 5.91 Å². The first-order chi connectivity index (χ1) is 12.0. The molecule has 0 bridgehead atoms. The normalized spacial score (nSPS) is 23.2. The van der Waals surface area contributed by atoms with Crippen LogP contribution in [0.3, 0.4) is 0 Å². The number of hydrogen-bond donors (Lipinski definition) is 1. The number of rotatable bonds is 5. The summed E-state index contributed by atoms with van der Waals surface area (Å²) in [5.74, 6) is 2.16. The zero-order valence-electron chi connectivity index (χ0n) is 15.5. The zero-order chi connectivity index (χ0) is 17.9. The first-order valence-corrected chi connectivity index (χ1v) is 9.27. The highest BCUT2D eigenvalue weighted by atomic mass is 16.6. The van der Waals surface area contributed by atoms with Gasteiger partial charge in [0.25, 0.3) is 0 Å². The fourth-order valence-electron chi connectivity index (χ4n) is 3.53. The van der Waals surface area contributed by atoms with Crippen LogP contribution in [-0.4, -0.2) is 38.4 Å². The Morgan fingerprint density at radius 3 is 2.72 bits per heavy atom. The Morgan fingerprint density at radius 2 is 1.96 bits per heavy atom. The summed E-state index contributed by atoms with van der Waals surface area (Å²) in [5.41, 5.74) is 0.327. The average molecular weight is 347 g/mol. The molecule has 2 heterocycles. The Hall–Kier alpha value is -1.75. The maximum Gasteiger partial charge on any atom is 0.230 e. The lowest BCUT2D eigenvalue weighted by Gasteiger charge is -2.29. The number of carbonyl (C=O) groups is 1. The third kappa shape index (κ3) is 4.27. The Balaban J connectivity index is 1.56. The lowest BCUT2D eigenvalue weighted by molar-refractivity contribution is -0.125. The Kier molecular flexibility index (Phi) is 5.52. The molecule has 138 valence electrons. The molecule has 2 unspecified atom stereocenters. The van der Waals surface area contributed by atoms with Gasteiger partial charge in [-0.25, -0.2) is 0 Å². The van der Waals surface area contributed by atoms with Crippen molar-refractivity contribution in [1.29, 1.82) is 0 Å². The molecule has 0 spiro atoms. The summed E-state index contributed by atoms with van der Waals surface area (Å²) in [5, 5.41) is 3.11. The number of ether oxygens (including phenoxy) is 3. The van der Waals surface area contributed by atoms with E-state index in [-0.39, 0.29) is 5.91 Å². The van der Waals surface area contributed by atoms with Gasteiger partial charge in [-0.1, -0.05) is 6.07 Å². The molecule has 1 amide bonds. The summed E-state index contributed by atoms with van der Waals surface area (Å²) < 4.78 is 16.8. The van der Waals surface area contributed by atoms with Crippen LogP contribution in [0.1, 0.15) is 45.6 Å². The highest BCUT2D eigenvalue weighted by Crippen LogP contribution is 2.35. The molecule has 1 fully saturated rings. The van der Waals surface area contributed by atoms with Crippen molar-refractivity contribution in [1.82, 2.24) is 5.32 Å². The van der Waals surface area contributed by atoms with Crippen LogP contribution >= 0.6 is 0 Å². The van der Waals surface area contributed by atoms with Crippen LogP contribution in [0.5, 0.6) is 11.5 Å². The standard InChI is InChI=1S/C20H29NO4/c1-14-12-15(7-9-23-14)6-8-21-19(22)20(2,3)16-4-5-17-18(13-16)25-11-10-24-17/h4-5,13-15H,6-12H2,1-3H3,(H,21,22). The van der Waals surface area contributed by atoms with E-state index >= 15 is 0 Å². The summed E-state index contributed by atoms with van der Waals surface area (Å²) >= 11 is 0. The third-order valence-electron chi connectivity index (χ3n) is 5.26. The molecule has 1 N–H and O–H groups in total. The van der Waals surface area contributed by atoms with E-state index in [1.165, 1.54) is 0 Å². The predicted octanol–water partition coefficient (Wildman–Crippen LogP) is 3.06. The van der Waals surface area contributed by atoms with E-state index in [4.69, 9.17) is 14.2 Å². The lowest BCUT2D eigenvalue weighted by atomic mass is 9.83. The molecule has 5 nitrogen and oxygen atoms in total. The fourth-order valence-corrected chi connectivity index (χ4v) is 3.53. The van der Waals surface area contributed by atoms with E-state index in [2.05, 4.69) is 12.2 Å². The van der Waals surface area contributed by atoms with E-state index in [0.29, 0.717) is 31.8 Å². The monoisotopic (exact) mass is 347 g/mol. The average Bonchev–Trinajstić information content (AvgIpc) is 2.61. The van der Waals surface area contributed by atoms with Crippen LogP contribution in [0.4, 0.5) is 0 Å². The molecule has 1 aromatic rings. The molecule has 25 heavy (non-hydrogen) atoms. The van der Waals surface area contributed by atoms with Gasteiger partial charge in [0.1, 0.15) is 13.2 Å². The second kappa shape index (κ2) is 7.65. The molecule has 2 atom stereocenters. The van der Waals surface area contributed by atoms with Crippen molar-refractivity contribution in [2.45, 2.75) is 51.6 Å². The van der Waals surface area contributed by atoms with E-state index < -0.39 is 5.41 Å². The molecule has 2 aliphatic heterocycles. The van der Waals surface area contributed by atoms with Gasteiger partial charge in [-0.2, -0.15) is 0 Å². The summed E-state index contributed by atoms with van der Waals surface area (Å²) in [7, 11) is 0. The molecule has 3 rings (SSSR count). The Bertz CT molecular complexity index is 614. The van der Waals surface area contributed by atoms with Crippen molar-refractivity contribution in [2.75, 3.05) is 26.4 Å². The van der Waals surface area contributed by atoms with Crippen molar-refractivity contribution < 1.29 is 19.0 Å². The lowest BCUT2D eigenvalue weighted by Crippen LogP contribution is -2.41. The van der Waals surface area contributed by atoms with Gasteiger partial charge in [-0.05, 0) is 63.6 Å². The van der Waals surface area contributed by atoms with Crippen molar-refractivity contribution in [3.05, 3.63) is 23.8 Å². The molecule has 2 aliphatic rings. The maximum absolute atomic E-state index is 12.7. The number of benzene rings is 1. The van der Waals surface area contributed by atoms with E-state index in [1.807, 2.05) is 32.0 Å². The van der Waals surface area contributed by atoms with Gasteiger partial charge in [-0.15, -0.1) is 0 Å². The van der Waals surface area contributed by atoms with Crippen molar-refractivity contribution in [3.63, 3.8) is 0 Å². The number of amides is 1. The van der Waals surface area contributed by atoms with E-state index in [1.54, 1.807) is 0 Å². The number of carbonyl (C=O) groups excluding carboxylic acids is 1. The fraction of sp³-hybridized carbons (Fsp3) is 0.650. The van der Waals surface area contributed by atoms with Gasteiger partial charge in [0.05, 0.1) is 11.5 Å². The molecule has 0 aliphatic carbocycles. The predicted molar refractivity (Wildman–Crippen MR) is 96.2 cm³/mol. The molecule has 0 saturated carbocycles. The van der Waals surface area contributed by atoms with Crippen LogP contribution in [-0.2, 0) is 14.9 Å². The quantitative estimate of drug-likeness (QED) is 0.889. The molecular formula is C20H29NO4. The molecule has 0 radical (unpaired) electrons. The number of hydrogen-bond acceptors (Lipinski definition) is 4. The maximum atomic E-state index is 12.7. The Morgan fingerprint density at radius 1 is 1.20 bits per heavy atom. The third-order valence-corrected chi connectivity index (χ3v) is 5.26. The second-order valence-corrected chi connectivity index (χ2v) is 7.60. The van der Waals surface area contributed by atoms with Crippen LogP contribution in [0.15, 0.2) is 18.2 Å². The van der Waals surface area contributed by atoms with Crippen LogP contribution in [0, 0.1) is 5.92 Å². The smallest absolute Gasteiger partial charge is 0.230 e. The second-order valence-electron chi connectivity index (χ2n) is 7.60. The molecule has 1 aromatic carbocycles. The summed E-state index contributed by atoms with van der Waals surface area (Å²) in [6.07, 6.45) is 3.52. The topological polar surface area (TPSA) is 56.8 Å². The highest BCUT2D eigenvalue weighted by Gasteiger charge is 2.31. The van der Waals surface area contributed by atoms with Crippen LogP contribution < -0.4 is 14.8 Å². The first kappa shape index (κ1) is 18.1. The van der Waals surface area contributed by atoms with Crippen molar-refractivity contribution in [2.24, 2.45) is 5.92 Å². The van der Waals surface area contributed by atoms with E-state index in [0.717, 1.165) is 42.9 Å². The van der Waals surface area contributed by atoms with Crippen LogP contribution in [0.2, 0.25) is 0 Å². The summed E-state index contributed by atoms with van der Waals surface area (Å²) in [6, 6.07) is 5.77. The SMILES string of the molecule is CC1CC(CCNC(=O)C(C)(C)c2ccc3c(c2)OCCO3)CCO1. The molecule has 5 heteroatoms. The van der Waals surface area contributed by atoms with Gasteiger partial charge in [-0.3, -0.25) is 4.79 Å². The zero-order valence-corrected chi connectivity index (χ0v) is 15.5. The highest BCUT2D eigenvalue weighted by molar-refractivity contribution is 5.87. The minimum absolute atomic E-state index is 0.0456. The molecule has 0 aromatic heterocycles. The summed E-state index contributed by atoms with van der Waals surface area (Å²) in [4.78, 5) is 12.7. The van der Waals surface area contributed by atoms with Gasteiger partial charge in [0.15, 0.2) is 11.5 Å². The molecule has 1 saturated heterocycles. The van der Waals surface area contributed by atoms with E-state index in [9.17, 15) is 4.79 Å².